The lowest BCUT2D eigenvalue weighted by atomic mass is 10.1. The predicted octanol–water partition coefficient (Wildman–Crippen LogP) is 4.23. The second kappa shape index (κ2) is 6.52. The third kappa shape index (κ3) is 3.36. The number of nitrogens with zero attached hydrogens (tertiary/aromatic N) is 1. The van der Waals surface area contributed by atoms with Gasteiger partial charge in [-0.05, 0) is 43.7 Å². The van der Waals surface area contributed by atoms with Gasteiger partial charge in [0.1, 0.15) is 18.2 Å². The van der Waals surface area contributed by atoms with Crippen molar-refractivity contribution >= 4 is 17.0 Å². The highest BCUT2D eigenvalue weighted by Crippen LogP contribution is 2.24. The van der Waals surface area contributed by atoms with Crippen molar-refractivity contribution in [2.75, 3.05) is 0 Å². The van der Waals surface area contributed by atoms with E-state index in [9.17, 15) is 4.39 Å². The quantitative estimate of drug-likeness (QED) is 0.509. The maximum Gasteiger partial charge on any atom is 0.129 e. The van der Waals surface area contributed by atoms with E-state index in [0.717, 1.165) is 11.3 Å². The summed E-state index contributed by atoms with van der Waals surface area (Å²) in [6.45, 7) is 4.12. The normalized spacial score (nSPS) is 11.7. The minimum absolute atomic E-state index is 0.319. The van der Waals surface area contributed by atoms with Crippen LogP contribution in [-0.4, -0.2) is 10.9 Å². The summed E-state index contributed by atoms with van der Waals surface area (Å²) in [4.78, 5) is 2.41. The highest BCUT2D eigenvalue weighted by atomic mass is 32.1. The van der Waals surface area contributed by atoms with Crippen molar-refractivity contribution in [3.8, 4) is 5.75 Å². The molecule has 0 unspecified atom stereocenters. The summed E-state index contributed by atoms with van der Waals surface area (Å²) in [7, 11) is 0. The van der Waals surface area contributed by atoms with Gasteiger partial charge in [0, 0.05) is 15.3 Å². The molecule has 20 heavy (non-hydrogen) atoms. The first-order chi connectivity index (χ1) is 9.63. The first kappa shape index (κ1) is 14.5. The Morgan fingerprint density at radius 1 is 1.30 bits per heavy atom. The number of halogens is 1. The van der Waals surface area contributed by atoms with Gasteiger partial charge in [-0.2, -0.15) is 0 Å². The highest BCUT2D eigenvalue weighted by molar-refractivity contribution is 7.11. The van der Waals surface area contributed by atoms with Gasteiger partial charge >= 0.3 is 0 Å². The largest absolute Gasteiger partial charge is 0.487 e. The Hall–Kier alpha value is -1.88. The first-order valence-corrected chi connectivity index (χ1v) is 7.14. The van der Waals surface area contributed by atoms with Crippen LogP contribution in [0.1, 0.15) is 29.2 Å². The molecule has 2 rings (SSSR count). The van der Waals surface area contributed by atoms with Gasteiger partial charge in [-0.15, -0.1) is 11.3 Å². The molecule has 0 aliphatic heterocycles. The van der Waals surface area contributed by atoms with E-state index in [1.54, 1.807) is 24.3 Å². The molecule has 5 heteroatoms. The van der Waals surface area contributed by atoms with Gasteiger partial charge in [0.15, 0.2) is 0 Å². The molecular weight excluding hydrogens is 277 g/mol. The molecule has 0 radical (unpaired) electrons. The zero-order chi connectivity index (χ0) is 14.5. The molecule has 0 fully saturated rings. The Balaban J connectivity index is 2.16. The molecule has 0 atom stereocenters. The summed E-state index contributed by atoms with van der Waals surface area (Å²) in [5.41, 5.74) is 0.777. The van der Waals surface area contributed by atoms with E-state index in [0.29, 0.717) is 23.6 Å². The van der Waals surface area contributed by atoms with Gasteiger partial charge in [0.25, 0.3) is 0 Å². The molecule has 3 nitrogen and oxygen atoms in total. The molecule has 1 heterocycles. The SMILES string of the molecule is CCc1ccc(COc2ccc(F)cc2/C(C)=N/O)s1. The zero-order valence-electron chi connectivity index (χ0n) is 11.4. The third-order valence-electron chi connectivity index (χ3n) is 2.92. The Morgan fingerprint density at radius 3 is 2.70 bits per heavy atom. The summed E-state index contributed by atoms with van der Waals surface area (Å²) in [5.74, 6) is 0.118. The number of hydrogen-bond donors (Lipinski definition) is 1. The maximum atomic E-state index is 13.3. The molecule has 1 N–H and O–H groups in total. The van der Waals surface area contributed by atoms with Gasteiger partial charge < -0.3 is 9.94 Å². The van der Waals surface area contributed by atoms with Crippen LogP contribution in [0.4, 0.5) is 4.39 Å². The fourth-order valence-electron chi connectivity index (χ4n) is 1.80. The van der Waals surface area contributed by atoms with Crippen LogP contribution in [0.2, 0.25) is 0 Å². The fraction of sp³-hybridized carbons (Fsp3) is 0.267. The van der Waals surface area contributed by atoms with Crippen LogP contribution in [0.15, 0.2) is 35.5 Å². The van der Waals surface area contributed by atoms with E-state index >= 15 is 0 Å². The van der Waals surface area contributed by atoms with Gasteiger partial charge in [0.05, 0.1) is 5.71 Å². The number of benzene rings is 1. The molecular formula is C15H16FNO2S. The van der Waals surface area contributed by atoms with Crippen LogP contribution < -0.4 is 4.74 Å². The lowest BCUT2D eigenvalue weighted by Crippen LogP contribution is -2.02. The van der Waals surface area contributed by atoms with Gasteiger partial charge in [0.2, 0.25) is 0 Å². The molecule has 0 bridgehead atoms. The monoisotopic (exact) mass is 293 g/mol. The van der Waals surface area contributed by atoms with E-state index in [1.165, 1.54) is 17.0 Å². The van der Waals surface area contributed by atoms with Crippen molar-refractivity contribution < 1.29 is 14.3 Å². The molecule has 0 aliphatic rings. The van der Waals surface area contributed by atoms with Crippen LogP contribution in [0.25, 0.3) is 0 Å². The zero-order valence-corrected chi connectivity index (χ0v) is 12.2. The molecule has 0 saturated carbocycles. The topological polar surface area (TPSA) is 41.8 Å². The van der Waals surface area contributed by atoms with E-state index in [2.05, 4.69) is 18.1 Å². The van der Waals surface area contributed by atoms with Crippen LogP contribution in [-0.2, 0) is 13.0 Å². The number of ether oxygens (including phenoxy) is 1. The van der Waals surface area contributed by atoms with Crippen molar-refractivity contribution in [3.63, 3.8) is 0 Å². The number of aryl methyl sites for hydroxylation is 1. The second-order valence-corrected chi connectivity index (χ2v) is 5.59. The fourth-order valence-corrected chi connectivity index (χ4v) is 2.67. The van der Waals surface area contributed by atoms with Crippen molar-refractivity contribution in [1.82, 2.24) is 0 Å². The molecule has 0 aliphatic carbocycles. The minimum Gasteiger partial charge on any atom is -0.487 e. The highest BCUT2D eigenvalue weighted by Gasteiger charge is 2.10. The number of hydrogen-bond acceptors (Lipinski definition) is 4. The smallest absolute Gasteiger partial charge is 0.129 e. The summed E-state index contributed by atoms with van der Waals surface area (Å²) in [5, 5.41) is 11.9. The number of rotatable bonds is 5. The first-order valence-electron chi connectivity index (χ1n) is 6.33. The Morgan fingerprint density at radius 2 is 2.05 bits per heavy atom. The van der Waals surface area contributed by atoms with E-state index in [-0.39, 0.29) is 5.82 Å². The number of oxime groups is 1. The Bertz CT molecular complexity index is 622. The average Bonchev–Trinajstić information content (AvgIpc) is 2.93. The van der Waals surface area contributed by atoms with Gasteiger partial charge in [-0.1, -0.05) is 12.1 Å². The molecule has 0 spiro atoms. The van der Waals surface area contributed by atoms with E-state index in [1.807, 2.05) is 6.07 Å². The lowest BCUT2D eigenvalue weighted by Gasteiger charge is -2.10. The molecule has 1 aromatic carbocycles. The van der Waals surface area contributed by atoms with E-state index in [4.69, 9.17) is 9.94 Å². The Kier molecular flexibility index (Phi) is 4.74. The lowest BCUT2D eigenvalue weighted by molar-refractivity contribution is 0.306. The van der Waals surface area contributed by atoms with Crippen molar-refractivity contribution in [2.24, 2.45) is 5.16 Å². The van der Waals surface area contributed by atoms with Crippen molar-refractivity contribution in [3.05, 3.63) is 51.5 Å². The van der Waals surface area contributed by atoms with Gasteiger partial charge in [-0.25, -0.2) is 4.39 Å². The van der Waals surface area contributed by atoms with Crippen molar-refractivity contribution in [2.45, 2.75) is 26.9 Å². The summed E-state index contributed by atoms with van der Waals surface area (Å²) in [6, 6.07) is 8.29. The average molecular weight is 293 g/mol. The molecule has 0 saturated heterocycles. The van der Waals surface area contributed by atoms with Crippen LogP contribution in [0.3, 0.4) is 0 Å². The van der Waals surface area contributed by atoms with Crippen LogP contribution >= 0.6 is 11.3 Å². The van der Waals surface area contributed by atoms with E-state index < -0.39 is 0 Å². The summed E-state index contributed by atoms with van der Waals surface area (Å²) in [6.07, 6.45) is 1.00. The number of thiophene rings is 1. The summed E-state index contributed by atoms with van der Waals surface area (Å²) >= 11 is 1.70. The predicted molar refractivity (Wildman–Crippen MR) is 78.4 cm³/mol. The third-order valence-corrected chi connectivity index (χ3v) is 4.12. The van der Waals surface area contributed by atoms with Crippen LogP contribution in [0, 0.1) is 5.82 Å². The second-order valence-electron chi connectivity index (χ2n) is 4.34. The molecule has 106 valence electrons. The summed E-state index contributed by atoms with van der Waals surface area (Å²) < 4.78 is 19.0. The Labute approximate surface area is 121 Å². The minimum atomic E-state index is -0.389. The maximum absolute atomic E-state index is 13.3. The molecule has 1 aromatic heterocycles. The van der Waals surface area contributed by atoms with Gasteiger partial charge in [-0.3, -0.25) is 0 Å². The molecule has 2 aromatic rings. The van der Waals surface area contributed by atoms with Crippen molar-refractivity contribution in [1.29, 1.82) is 0 Å². The van der Waals surface area contributed by atoms with Crippen LogP contribution in [0.5, 0.6) is 5.75 Å². The standard InChI is InChI=1S/C15H16FNO2S/c1-3-12-5-6-13(20-12)9-19-15-7-4-11(16)8-14(15)10(2)17-18/h4-8,18H,3,9H2,1-2H3/b17-10+. The molecule has 0 amide bonds.